The van der Waals surface area contributed by atoms with E-state index in [2.05, 4.69) is 25.0 Å². The second-order valence-electron chi connectivity index (χ2n) is 6.69. The Bertz CT molecular complexity index is 1190. The van der Waals surface area contributed by atoms with Crippen molar-refractivity contribution in [2.75, 3.05) is 10.0 Å². The van der Waals surface area contributed by atoms with Gasteiger partial charge in [0.1, 0.15) is 6.54 Å². The highest BCUT2D eigenvalue weighted by Gasteiger charge is 2.16. The summed E-state index contributed by atoms with van der Waals surface area (Å²) in [5, 5.41) is 2.62. The highest BCUT2D eigenvalue weighted by Crippen LogP contribution is 2.16. The Labute approximate surface area is 173 Å². The molecule has 10 nitrogen and oxygen atoms in total. The lowest BCUT2D eigenvalue weighted by atomic mass is 10.1. The first-order valence-electron chi connectivity index (χ1n) is 9.01. The molecule has 2 aromatic heterocycles. The summed E-state index contributed by atoms with van der Waals surface area (Å²) in [7, 11) is -3.87. The number of rotatable bonds is 7. The first kappa shape index (κ1) is 21.1. The summed E-state index contributed by atoms with van der Waals surface area (Å²) in [6.07, 6.45) is 4.17. The van der Waals surface area contributed by atoms with Gasteiger partial charge in [-0.3, -0.25) is 14.2 Å². The molecule has 0 saturated heterocycles. The van der Waals surface area contributed by atoms with Crippen molar-refractivity contribution in [3.63, 3.8) is 0 Å². The molecule has 3 aromatic rings. The Morgan fingerprint density at radius 1 is 1.10 bits per heavy atom. The van der Waals surface area contributed by atoms with E-state index in [1.165, 1.54) is 53.6 Å². The number of sulfonamides is 1. The number of amides is 1. The van der Waals surface area contributed by atoms with Crippen LogP contribution in [0.5, 0.6) is 0 Å². The minimum absolute atomic E-state index is 0.0161. The molecular formula is C19H20N6O4S. The van der Waals surface area contributed by atoms with Gasteiger partial charge in [-0.1, -0.05) is 13.8 Å². The van der Waals surface area contributed by atoms with Crippen molar-refractivity contribution in [2.45, 2.75) is 31.2 Å². The molecule has 0 aliphatic heterocycles. The first-order valence-corrected chi connectivity index (χ1v) is 10.5. The van der Waals surface area contributed by atoms with E-state index in [1.807, 2.05) is 13.8 Å². The largest absolute Gasteiger partial charge is 0.325 e. The van der Waals surface area contributed by atoms with Crippen molar-refractivity contribution in [1.82, 2.24) is 19.5 Å². The third kappa shape index (κ3) is 5.26. The highest BCUT2D eigenvalue weighted by atomic mass is 32.2. The maximum atomic E-state index is 12.4. The summed E-state index contributed by atoms with van der Waals surface area (Å²) in [5.74, 6) is -0.376. The van der Waals surface area contributed by atoms with Gasteiger partial charge in [-0.15, -0.1) is 0 Å². The number of nitrogens with zero attached hydrogens (tertiary/aromatic N) is 4. The standard InChI is InChI=1S/C19H20N6O4S/c1-13(2)16-10-18(27)25(12-22-16)11-17(26)23-14-4-6-15(7-5-14)30(28,29)24-19-20-8-3-9-21-19/h3-10,12-13H,11H2,1-2H3,(H,23,26)(H,20,21,24). The van der Waals surface area contributed by atoms with Crippen LogP contribution in [0, 0.1) is 0 Å². The Hall–Kier alpha value is -3.60. The number of nitrogens with one attached hydrogen (secondary N) is 2. The van der Waals surface area contributed by atoms with Crippen molar-refractivity contribution in [3.8, 4) is 0 Å². The molecule has 30 heavy (non-hydrogen) atoms. The van der Waals surface area contributed by atoms with Crippen LogP contribution < -0.4 is 15.6 Å². The lowest BCUT2D eigenvalue weighted by Crippen LogP contribution is -2.28. The van der Waals surface area contributed by atoms with Gasteiger partial charge >= 0.3 is 0 Å². The van der Waals surface area contributed by atoms with E-state index < -0.39 is 15.9 Å². The molecule has 156 valence electrons. The fourth-order valence-electron chi connectivity index (χ4n) is 2.48. The molecule has 0 bridgehead atoms. The molecule has 1 amide bonds. The van der Waals surface area contributed by atoms with Crippen LogP contribution in [0.3, 0.4) is 0 Å². The predicted molar refractivity (Wildman–Crippen MR) is 110 cm³/mol. The Morgan fingerprint density at radius 2 is 1.77 bits per heavy atom. The minimum Gasteiger partial charge on any atom is -0.325 e. The van der Waals surface area contributed by atoms with Gasteiger partial charge in [0.25, 0.3) is 15.6 Å². The number of benzene rings is 1. The zero-order valence-corrected chi connectivity index (χ0v) is 17.1. The van der Waals surface area contributed by atoms with Crippen LogP contribution in [0.2, 0.25) is 0 Å². The van der Waals surface area contributed by atoms with Crippen LogP contribution in [0.15, 0.2) is 64.8 Å². The SMILES string of the molecule is CC(C)c1cc(=O)n(CC(=O)Nc2ccc(S(=O)(=O)Nc3ncccn3)cc2)cn1. The summed E-state index contributed by atoms with van der Waals surface area (Å²) in [6, 6.07) is 8.54. The molecule has 1 aromatic carbocycles. The second-order valence-corrected chi connectivity index (χ2v) is 8.37. The third-order valence-electron chi connectivity index (χ3n) is 4.05. The minimum atomic E-state index is -3.87. The fraction of sp³-hybridized carbons (Fsp3) is 0.211. The molecular weight excluding hydrogens is 408 g/mol. The van der Waals surface area contributed by atoms with Gasteiger partial charge in [0.2, 0.25) is 11.9 Å². The number of carbonyl (C=O) groups is 1. The molecule has 0 aliphatic carbocycles. The van der Waals surface area contributed by atoms with Crippen molar-refractivity contribution < 1.29 is 13.2 Å². The third-order valence-corrected chi connectivity index (χ3v) is 5.39. The molecule has 2 heterocycles. The molecule has 0 spiro atoms. The van der Waals surface area contributed by atoms with Crippen molar-refractivity contribution >= 4 is 27.6 Å². The van der Waals surface area contributed by atoms with Gasteiger partial charge in [-0.05, 0) is 36.2 Å². The summed E-state index contributed by atoms with van der Waals surface area (Å²) in [5.41, 5.74) is 0.720. The fourth-order valence-corrected chi connectivity index (χ4v) is 3.44. The van der Waals surface area contributed by atoms with Crippen LogP contribution >= 0.6 is 0 Å². The molecule has 0 atom stereocenters. The van der Waals surface area contributed by atoms with E-state index in [9.17, 15) is 18.0 Å². The lowest BCUT2D eigenvalue weighted by molar-refractivity contribution is -0.116. The number of hydrogen-bond donors (Lipinski definition) is 2. The molecule has 0 aliphatic rings. The van der Waals surface area contributed by atoms with Gasteiger partial charge in [-0.25, -0.2) is 28.1 Å². The van der Waals surface area contributed by atoms with Crippen molar-refractivity contribution in [3.05, 3.63) is 71.2 Å². The highest BCUT2D eigenvalue weighted by molar-refractivity contribution is 7.92. The Balaban J connectivity index is 1.65. The molecule has 11 heteroatoms. The smallest absolute Gasteiger partial charge is 0.264 e. The van der Waals surface area contributed by atoms with Crippen LogP contribution in [-0.2, 0) is 21.4 Å². The van der Waals surface area contributed by atoms with Crippen LogP contribution in [0.1, 0.15) is 25.5 Å². The number of aromatic nitrogens is 4. The van der Waals surface area contributed by atoms with E-state index >= 15 is 0 Å². The van der Waals surface area contributed by atoms with Gasteiger partial charge in [0, 0.05) is 24.1 Å². The normalized spacial score (nSPS) is 11.3. The summed E-state index contributed by atoms with van der Waals surface area (Å²) in [4.78, 5) is 36.1. The molecule has 2 N–H and O–H groups in total. The molecule has 0 fully saturated rings. The molecule has 0 unspecified atom stereocenters. The van der Waals surface area contributed by atoms with E-state index in [0.29, 0.717) is 11.4 Å². The average molecular weight is 428 g/mol. The maximum Gasteiger partial charge on any atom is 0.264 e. The van der Waals surface area contributed by atoms with Crippen molar-refractivity contribution in [2.24, 2.45) is 0 Å². The maximum absolute atomic E-state index is 12.4. The number of anilines is 2. The molecule has 0 radical (unpaired) electrons. The lowest BCUT2D eigenvalue weighted by Gasteiger charge is -2.10. The predicted octanol–water partition coefficient (Wildman–Crippen LogP) is 1.60. The zero-order chi connectivity index (χ0) is 21.7. The first-order chi connectivity index (χ1) is 14.2. The van der Waals surface area contributed by atoms with Gasteiger partial charge in [-0.2, -0.15) is 0 Å². The molecule has 3 rings (SSSR count). The van der Waals surface area contributed by atoms with Crippen LogP contribution in [0.25, 0.3) is 0 Å². The Morgan fingerprint density at radius 3 is 2.37 bits per heavy atom. The zero-order valence-electron chi connectivity index (χ0n) is 16.3. The summed E-state index contributed by atoms with van der Waals surface area (Å²) in [6.45, 7) is 3.63. The van der Waals surface area contributed by atoms with E-state index in [0.717, 1.165) is 0 Å². The number of hydrogen-bond acceptors (Lipinski definition) is 7. The topological polar surface area (TPSA) is 136 Å². The van der Waals surface area contributed by atoms with Crippen LogP contribution in [-0.4, -0.2) is 33.8 Å². The second kappa shape index (κ2) is 8.82. The van der Waals surface area contributed by atoms with E-state index in [-0.39, 0.29) is 28.9 Å². The van der Waals surface area contributed by atoms with Gasteiger partial charge in [0.15, 0.2) is 0 Å². The van der Waals surface area contributed by atoms with Gasteiger partial charge in [0.05, 0.1) is 16.9 Å². The monoisotopic (exact) mass is 428 g/mol. The van der Waals surface area contributed by atoms with Gasteiger partial charge < -0.3 is 5.32 Å². The summed E-state index contributed by atoms with van der Waals surface area (Å²) < 4.78 is 28.2. The van der Waals surface area contributed by atoms with E-state index in [4.69, 9.17) is 0 Å². The van der Waals surface area contributed by atoms with Crippen molar-refractivity contribution in [1.29, 1.82) is 0 Å². The Kier molecular flexibility index (Phi) is 6.21. The average Bonchev–Trinajstić information content (AvgIpc) is 2.70. The summed E-state index contributed by atoms with van der Waals surface area (Å²) >= 11 is 0. The van der Waals surface area contributed by atoms with Crippen LogP contribution in [0.4, 0.5) is 11.6 Å². The number of carbonyl (C=O) groups excluding carboxylic acids is 1. The quantitative estimate of drug-likeness (QED) is 0.583. The molecule has 0 saturated carbocycles. The van der Waals surface area contributed by atoms with E-state index in [1.54, 1.807) is 6.07 Å².